The summed E-state index contributed by atoms with van der Waals surface area (Å²) >= 11 is 0. The van der Waals surface area contributed by atoms with E-state index in [9.17, 15) is 9.59 Å². The predicted molar refractivity (Wildman–Crippen MR) is 77.9 cm³/mol. The number of allylic oxidation sites excluding steroid dienone is 2. The summed E-state index contributed by atoms with van der Waals surface area (Å²) in [4.78, 5) is 26.8. The topological polar surface area (TPSA) is 37.4 Å². The van der Waals surface area contributed by atoms with E-state index in [1.54, 1.807) is 0 Å². The van der Waals surface area contributed by atoms with Crippen LogP contribution in [0.3, 0.4) is 0 Å². The zero-order valence-corrected chi connectivity index (χ0v) is 13.0. The fraction of sp³-hybridized carbons (Fsp3) is 0.750. The molecule has 1 aliphatic rings. The van der Waals surface area contributed by atoms with Crippen molar-refractivity contribution in [2.24, 2.45) is 5.41 Å². The van der Waals surface area contributed by atoms with Crippen LogP contribution in [-0.2, 0) is 9.59 Å². The van der Waals surface area contributed by atoms with Gasteiger partial charge < -0.3 is 4.90 Å². The molecular formula is C16H27NO2. The molecule has 0 aromatic rings. The summed E-state index contributed by atoms with van der Waals surface area (Å²) in [5.41, 5.74) is 1.43. The van der Waals surface area contributed by atoms with Crippen LogP contribution in [0.15, 0.2) is 11.3 Å². The Kier molecular flexibility index (Phi) is 5.33. The number of rotatable bonds is 6. The van der Waals surface area contributed by atoms with Crippen LogP contribution in [0.5, 0.6) is 0 Å². The third-order valence-electron chi connectivity index (χ3n) is 3.75. The van der Waals surface area contributed by atoms with Crippen molar-refractivity contribution in [2.75, 3.05) is 13.1 Å². The monoisotopic (exact) mass is 265 g/mol. The third kappa shape index (κ3) is 3.68. The highest BCUT2D eigenvalue weighted by Crippen LogP contribution is 2.38. The van der Waals surface area contributed by atoms with Gasteiger partial charge in [0.2, 0.25) is 0 Å². The van der Waals surface area contributed by atoms with Crippen LogP contribution >= 0.6 is 0 Å². The predicted octanol–water partition coefficient (Wildman–Crippen LogP) is 3.34. The van der Waals surface area contributed by atoms with E-state index in [1.165, 1.54) is 0 Å². The minimum absolute atomic E-state index is 0.0323. The summed E-state index contributed by atoms with van der Waals surface area (Å²) in [5.74, 6) is 0.0708. The van der Waals surface area contributed by atoms with E-state index >= 15 is 0 Å². The Morgan fingerprint density at radius 2 is 1.74 bits per heavy atom. The van der Waals surface area contributed by atoms with Gasteiger partial charge in [0, 0.05) is 31.6 Å². The number of carbonyl (C=O) groups excluding carboxylic acids is 2. The quantitative estimate of drug-likeness (QED) is 0.691. The first-order valence-electron chi connectivity index (χ1n) is 7.40. The average molecular weight is 265 g/mol. The SMILES string of the molecule is CCCC(=O)C1=C(N(CC)CC)CC(C)(C)CC1=O. The lowest BCUT2D eigenvalue weighted by molar-refractivity contribution is -0.123. The van der Waals surface area contributed by atoms with Crippen LogP contribution in [0.25, 0.3) is 0 Å². The molecule has 0 amide bonds. The molecule has 108 valence electrons. The molecule has 0 N–H and O–H groups in total. The zero-order valence-electron chi connectivity index (χ0n) is 13.0. The Hall–Kier alpha value is -1.12. The van der Waals surface area contributed by atoms with Gasteiger partial charge in [0.25, 0.3) is 0 Å². The highest BCUT2D eigenvalue weighted by atomic mass is 16.1. The first-order valence-corrected chi connectivity index (χ1v) is 7.40. The molecule has 0 aromatic carbocycles. The fourth-order valence-corrected chi connectivity index (χ4v) is 2.83. The molecule has 0 radical (unpaired) electrons. The van der Waals surface area contributed by atoms with Crippen LogP contribution in [0.1, 0.15) is 60.3 Å². The molecule has 19 heavy (non-hydrogen) atoms. The second-order valence-electron chi connectivity index (χ2n) is 6.11. The summed E-state index contributed by atoms with van der Waals surface area (Å²) in [6, 6.07) is 0. The second kappa shape index (κ2) is 6.36. The lowest BCUT2D eigenvalue weighted by atomic mass is 9.74. The average Bonchev–Trinajstić information content (AvgIpc) is 2.28. The maximum atomic E-state index is 12.4. The van der Waals surface area contributed by atoms with Gasteiger partial charge in [-0.25, -0.2) is 0 Å². The molecule has 0 heterocycles. The number of ketones is 2. The molecule has 0 bridgehead atoms. The Balaban J connectivity index is 3.25. The molecule has 3 heteroatoms. The fourth-order valence-electron chi connectivity index (χ4n) is 2.83. The highest BCUT2D eigenvalue weighted by molar-refractivity contribution is 6.21. The molecular weight excluding hydrogens is 238 g/mol. The molecule has 1 rings (SSSR count). The molecule has 0 fully saturated rings. The Labute approximate surface area is 117 Å². The van der Waals surface area contributed by atoms with Crippen LogP contribution in [-0.4, -0.2) is 29.6 Å². The Morgan fingerprint density at radius 3 is 2.21 bits per heavy atom. The molecule has 0 saturated heterocycles. The standard InChI is InChI=1S/C16H27NO2/c1-6-9-13(18)15-12(17(7-2)8-3)10-16(4,5)11-14(15)19/h6-11H2,1-5H3. The van der Waals surface area contributed by atoms with Crippen molar-refractivity contribution in [3.8, 4) is 0 Å². The molecule has 1 aliphatic carbocycles. The van der Waals surface area contributed by atoms with Gasteiger partial charge in [0.05, 0.1) is 5.57 Å². The Morgan fingerprint density at radius 1 is 1.16 bits per heavy atom. The second-order valence-corrected chi connectivity index (χ2v) is 6.11. The lowest BCUT2D eigenvalue weighted by Gasteiger charge is -2.37. The maximum absolute atomic E-state index is 12.4. The van der Waals surface area contributed by atoms with E-state index in [0.29, 0.717) is 18.4 Å². The summed E-state index contributed by atoms with van der Waals surface area (Å²) in [6.45, 7) is 12.0. The largest absolute Gasteiger partial charge is 0.375 e. The molecule has 3 nitrogen and oxygen atoms in total. The van der Waals surface area contributed by atoms with Gasteiger partial charge in [0.1, 0.15) is 0 Å². The molecule has 0 spiro atoms. The highest BCUT2D eigenvalue weighted by Gasteiger charge is 2.36. The van der Waals surface area contributed by atoms with Gasteiger partial charge in [-0.15, -0.1) is 0 Å². The normalized spacial score (nSPS) is 18.7. The van der Waals surface area contributed by atoms with Gasteiger partial charge in [-0.3, -0.25) is 9.59 Å². The van der Waals surface area contributed by atoms with Crippen LogP contribution in [0.4, 0.5) is 0 Å². The smallest absolute Gasteiger partial charge is 0.168 e. The van der Waals surface area contributed by atoms with Gasteiger partial charge in [-0.05, 0) is 32.1 Å². The zero-order chi connectivity index (χ0) is 14.6. The van der Waals surface area contributed by atoms with Crippen molar-refractivity contribution in [2.45, 2.75) is 60.3 Å². The van der Waals surface area contributed by atoms with Crippen molar-refractivity contribution in [1.29, 1.82) is 0 Å². The number of hydrogen-bond acceptors (Lipinski definition) is 3. The molecule has 0 aliphatic heterocycles. The van der Waals surface area contributed by atoms with E-state index in [2.05, 4.69) is 32.6 Å². The van der Waals surface area contributed by atoms with Crippen LogP contribution < -0.4 is 0 Å². The van der Waals surface area contributed by atoms with E-state index < -0.39 is 0 Å². The van der Waals surface area contributed by atoms with Gasteiger partial charge in [0.15, 0.2) is 11.6 Å². The minimum Gasteiger partial charge on any atom is -0.375 e. The maximum Gasteiger partial charge on any atom is 0.168 e. The Bertz CT molecular complexity index is 390. The van der Waals surface area contributed by atoms with E-state index in [0.717, 1.165) is 31.6 Å². The third-order valence-corrected chi connectivity index (χ3v) is 3.75. The summed E-state index contributed by atoms with van der Waals surface area (Å²) in [5, 5.41) is 0. The van der Waals surface area contributed by atoms with Gasteiger partial charge in [-0.2, -0.15) is 0 Å². The molecule has 0 saturated carbocycles. The van der Waals surface area contributed by atoms with Crippen molar-refractivity contribution in [3.63, 3.8) is 0 Å². The van der Waals surface area contributed by atoms with Crippen molar-refractivity contribution in [1.82, 2.24) is 4.90 Å². The first-order chi connectivity index (χ1) is 8.86. The van der Waals surface area contributed by atoms with E-state index in [1.807, 2.05) is 6.92 Å². The first kappa shape index (κ1) is 15.9. The number of Topliss-reactive ketones (excluding diaryl/α,β-unsaturated/α-hetero) is 2. The molecule has 0 unspecified atom stereocenters. The van der Waals surface area contributed by atoms with Crippen LogP contribution in [0, 0.1) is 5.41 Å². The number of hydrogen-bond donors (Lipinski definition) is 0. The van der Waals surface area contributed by atoms with Gasteiger partial charge >= 0.3 is 0 Å². The summed E-state index contributed by atoms with van der Waals surface area (Å²) in [6.07, 6.45) is 2.59. The lowest BCUT2D eigenvalue weighted by Crippen LogP contribution is -2.36. The van der Waals surface area contributed by atoms with Crippen LogP contribution in [0.2, 0.25) is 0 Å². The summed E-state index contributed by atoms with van der Waals surface area (Å²) in [7, 11) is 0. The minimum atomic E-state index is -0.0367. The number of carbonyl (C=O) groups is 2. The van der Waals surface area contributed by atoms with E-state index in [-0.39, 0.29) is 17.0 Å². The van der Waals surface area contributed by atoms with Crippen molar-refractivity contribution in [3.05, 3.63) is 11.3 Å². The molecule has 0 aromatic heterocycles. The van der Waals surface area contributed by atoms with Crippen molar-refractivity contribution >= 4 is 11.6 Å². The molecule has 0 atom stereocenters. The van der Waals surface area contributed by atoms with E-state index in [4.69, 9.17) is 0 Å². The number of nitrogens with zero attached hydrogens (tertiary/aromatic N) is 1. The van der Waals surface area contributed by atoms with Crippen molar-refractivity contribution < 1.29 is 9.59 Å². The summed E-state index contributed by atoms with van der Waals surface area (Å²) < 4.78 is 0. The van der Waals surface area contributed by atoms with Gasteiger partial charge in [-0.1, -0.05) is 20.8 Å².